The molecule has 0 spiro atoms. The molecule has 5 nitrogen and oxygen atoms in total. The fraction of sp³-hybridized carbons (Fsp3) is 0.520. The van der Waals surface area contributed by atoms with E-state index in [1.165, 1.54) is 0 Å². The fourth-order valence-electron chi connectivity index (χ4n) is 4.25. The van der Waals surface area contributed by atoms with Crippen molar-refractivity contribution in [1.82, 2.24) is 9.62 Å². The van der Waals surface area contributed by atoms with E-state index in [4.69, 9.17) is 0 Å². The molecule has 1 heterocycles. The van der Waals surface area contributed by atoms with Crippen LogP contribution in [0.1, 0.15) is 61.4 Å². The van der Waals surface area contributed by atoms with Gasteiger partial charge in [-0.3, -0.25) is 4.90 Å². The van der Waals surface area contributed by atoms with Crippen molar-refractivity contribution in [2.24, 2.45) is 0 Å². The molecule has 2 aromatic carbocycles. The van der Waals surface area contributed by atoms with Crippen molar-refractivity contribution in [1.29, 1.82) is 0 Å². The Morgan fingerprint density at radius 2 is 1.58 bits per heavy atom. The van der Waals surface area contributed by atoms with E-state index in [0.717, 1.165) is 60.3 Å². The Labute approximate surface area is 187 Å². The van der Waals surface area contributed by atoms with E-state index in [2.05, 4.69) is 36.5 Å². The lowest BCUT2D eigenvalue weighted by Gasteiger charge is -2.30. The van der Waals surface area contributed by atoms with Crippen molar-refractivity contribution < 1.29 is 13.5 Å². The van der Waals surface area contributed by atoms with Gasteiger partial charge in [0.2, 0.25) is 10.0 Å². The van der Waals surface area contributed by atoms with Crippen molar-refractivity contribution >= 4 is 10.0 Å². The summed E-state index contributed by atoms with van der Waals surface area (Å²) < 4.78 is 29.2. The first-order valence-corrected chi connectivity index (χ1v) is 12.5. The summed E-state index contributed by atoms with van der Waals surface area (Å²) in [5, 5.41) is 9.73. The molecule has 0 saturated carbocycles. The summed E-state index contributed by atoms with van der Waals surface area (Å²) in [6.45, 7) is 12.9. The Bertz CT molecular complexity index is 994. The zero-order valence-electron chi connectivity index (χ0n) is 19.4. The average Bonchev–Trinajstić information content (AvgIpc) is 2.67. The third kappa shape index (κ3) is 5.95. The second-order valence-electron chi connectivity index (χ2n) is 9.79. The maximum Gasteiger partial charge on any atom is 0.241 e. The zero-order chi connectivity index (χ0) is 22.8. The van der Waals surface area contributed by atoms with Crippen LogP contribution in [0, 0.1) is 13.8 Å². The number of piperidine rings is 1. The lowest BCUT2D eigenvalue weighted by molar-refractivity contribution is 0.0791. The van der Waals surface area contributed by atoms with Crippen LogP contribution in [0.3, 0.4) is 0 Å². The van der Waals surface area contributed by atoms with Crippen LogP contribution >= 0.6 is 0 Å². The molecule has 0 bridgehead atoms. The van der Waals surface area contributed by atoms with Crippen molar-refractivity contribution in [3.8, 4) is 0 Å². The van der Waals surface area contributed by atoms with Gasteiger partial charge in [-0.05, 0) is 59.9 Å². The summed E-state index contributed by atoms with van der Waals surface area (Å²) in [5.74, 6) is 0. The standard InChI is InChI=1S/C25H36N2O3S/c1-18-14-22(25(3,4)5)15-19(2)24(18)31(29,30)26-16-20-8-6-7-9-21(20)17-27-12-10-23(28)11-13-27/h6-9,14-15,23,26,28H,10-13,16-17H2,1-5H3. The van der Waals surface area contributed by atoms with Crippen LogP contribution in [-0.4, -0.2) is 37.6 Å². The lowest BCUT2D eigenvalue weighted by Crippen LogP contribution is -2.35. The Morgan fingerprint density at radius 1 is 1.03 bits per heavy atom. The van der Waals surface area contributed by atoms with E-state index >= 15 is 0 Å². The van der Waals surface area contributed by atoms with Crippen molar-refractivity contribution in [2.75, 3.05) is 13.1 Å². The highest BCUT2D eigenvalue weighted by atomic mass is 32.2. The van der Waals surface area contributed by atoms with Gasteiger partial charge in [0.15, 0.2) is 0 Å². The van der Waals surface area contributed by atoms with Crippen molar-refractivity contribution in [3.05, 3.63) is 64.2 Å². The van der Waals surface area contributed by atoms with E-state index in [-0.39, 0.29) is 18.1 Å². The number of nitrogens with zero attached hydrogens (tertiary/aromatic N) is 1. The van der Waals surface area contributed by atoms with E-state index in [1.54, 1.807) is 0 Å². The van der Waals surface area contributed by atoms with Crippen molar-refractivity contribution in [3.63, 3.8) is 0 Å². The van der Waals surface area contributed by atoms with Gasteiger partial charge in [0, 0.05) is 26.2 Å². The fourth-order valence-corrected chi connectivity index (χ4v) is 5.71. The van der Waals surface area contributed by atoms with Gasteiger partial charge in [-0.2, -0.15) is 0 Å². The zero-order valence-corrected chi connectivity index (χ0v) is 20.2. The smallest absolute Gasteiger partial charge is 0.241 e. The lowest BCUT2D eigenvalue weighted by atomic mass is 9.85. The van der Waals surface area contributed by atoms with Crippen LogP contribution in [0.4, 0.5) is 0 Å². The molecule has 1 saturated heterocycles. The van der Waals surface area contributed by atoms with Gasteiger partial charge in [-0.1, -0.05) is 57.2 Å². The highest BCUT2D eigenvalue weighted by Gasteiger charge is 2.24. The molecule has 6 heteroatoms. The van der Waals surface area contributed by atoms with E-state index in [1.807, 2.05) is 44.2 Å². The Morgan fingerprint density at radius 3 is 2.13 bits per heavy atom. The number of nitrogens with one attached hydrogen (secondary N) is 1. The summed E-state index contributed by atoms with van der Waals surface area (Å²) in [7, 11) is -3.64. The van der Waals surface area contributed by atoms with E-state index in [9.17, 15) is 13.5 Å². The molecule has 1 aliphatic heterocycles. The minimum Gasteiger partial charge on any atom is -0.393 e. The molecular formula is C25H36N2O3S. The predicted molar refractivity (Wildman–Crippen MR) is 126 cm³/mol. The third-order valence-electron chi connectivity index (χ3n) is 6.12. The van der Waals surface area contributed by atoms with Gasteiger partial charge in [0.05, 0.1) is 11.0 Å². The highest BCUT2D eigenvalue weighted by Crippen LogP contribution is 2.29. The number of hydrogen-bond acceptors (Lipinski definition) is 4. The average molecular weight is 445 g/mol. The molecule has 0 atom stereocenters. The number of aryl methyl sites for hydroxylation is 2. The predicted octanol–water partition coefficient (Wildman–Crippen LogP) is 4.04. The molecule has 3 rings (SSSR count). The van der Waals surface area contributed by atoms with Crippen LogP contribution in [0.5, 0.6) is 0 Å². The summed E-state index contributed by atoms with van der Waals surface area (Å²) in [4.78, 5) is 2.70. The van der Waals surface area contributed by atoms with Gasteiger partial charge < -0.3 is 5.11 Å². The third-order valence-corrected chi connectivity index (χ3v) is 7.82. The number of likely N-dealkylation sites (tertiary alicyclic amines) is 1. The summed E-state index contributed by atoms with van der Waals surface area (Å²) in [6, 6.07) is 12.0. The number of aliphatic hydroxyl groups is 1. The Balaban J connectivity index is 1.77. The molecule has 0 radical (unpaired) electrons. The molecule has 0 unspecified atom stereocenters. The number of sulfonamides is 1. The van der Waals surface area contributed by atoms with Gasteiger partial charge in [-0.15, -0.1) is 0 Å². The van der Waals surface area contributed by atoms with Crippen LogP contribution in [0.2, 0.25) is 0 Å². The largest absolute Gasteiger partial charge is 0.393 e. The molecule has 1 fully saturated rings. The van der Waals surface area contributed by atoms with Gasteiger partial charge >= 0.3 is 0 Å². The number of benzene rings is 2. The SMILES string of the molecule is Cc1cc(C(C)(C)C)cc(C)c1S(=O)(=O)NCc1ccccc1CN1CCC(O)CC1. The van der Waals surface area contributed by atoms with Gasteiger partial charge in [-0.25, -0.2) is 13.1 Å². The first kappa shape index (κ1) is 23.9. The number of rotatable bonds is 6. The van der Waals surface area contributed by atoms with Gasteiger partial charge in [0.25, 0.3) is 0 Å². The molecule has 0 aliphatic carbocycles. The highest BCUT2D eigenvalue weighted by molar-refractivity contribution is 7.89. The molecule has 1 aliphatic rings. The minimum atomic E-state index is -3.64. The van der Waals surface area contributed by atoms with Crippen LogP contribution in [0.25, 0.3) is 0 Å². The first-order valence-electron chi connectivity index (χ1n) is 11.1. The molecular weight excluding hydrogens is 408 g/mol. The quantitative estimate of drug-likeness (QED) is 0.706. The second-order valence-corrected chi connectivity index (χ2v) is 11.5. The van der Waals surface area contributed by atoms with E-state index < -0.39 is 10.0 Å². The Kier molecular flexibility index (Phi) is 7.26. The molecule has 0 amide bonds. The maximum atomic E-state index is 13.2. The number of hydrogen-bond donors (Lipinski definition) is 2. The van der Waals surface area contributed by atoms with Crippen molar-refractivity contribution in [2.45, 2.75) is 77.0 Å². The molecule has 31 heavy (non-hydrogen) atoms. The normalized spacial score (nSPS) is 16.6. The van der Waals surface area contributed by atoms with Crippen LogP contribution in [0.15, 0.2) is 41.3 Å². The summed E-state index contributed by atoms with van der Waals surface area (Å²) in [6.07, 6.45) is 1.38. The minimum absolute atomic E-state index is 0.0331. The topological polar surface area (TPSA) is 69.6 Å². The molecule has 2 aromatic rings. The maximum absolute atomic E-state index is 13.2. The van der Waals surface area contributed by atoms with Gasteiger partial charge in [0.1, 0.15) is 0 Å². The van der Waals surface area contributed by atoms with Crippen LogP contribution < -0.4 is 4.72 Å². The van der Waals surface area contributed by atoms with E-state index in [0.29, 0.717) is 4.90 Å². The summed E-state index contributed by atoms with van der Waals surface area (Å²) in [5.41, 5.74) is 4.76. The summed E-state index contributed by atoms with van der Waals surface area (Å²) >= 11 is 0. The molecule has 0 aromatic heterocycles. The molecule has 170 valence electrons. The number of aliphatic hydroxyl groups excluding tert-OH is 1. The monoisotopic (exact) mass is 444 g/mol. The Hall–Kier alpha value is -1.73. The first-order chi connectivity index (χ1) is 14.5. The second kappa shape index (κ2) is 9.41. The van der Waals surface area contributed by atoms with Crippen LogP contribution in [-0.2, 0) is 28.5 Å². The molecule has 2 N–H and O–H groups in total.